The molecule has 0 fully saturated rings. The van der Waals surface area contributed by atoms with Crippen LogP contribution in [0.3, 0.4) is 0 Å². The Kier molecular flexibility index (Phi) is 3.86. The van der Waals surface area contributed by atoms with Crippen molar-refractivity contribution < 1.29 is 0 Å². The molecule has 2 N–H and O–H groups in total. The molecule has 4 heteroatoms. The molecule has 3 rings (SSSR count). The minimum absolute atomic E-state index is 0.0489. The number of rotatable bonds is 3. The summed E-state index contributed by atoms with van der Waals surface area (Å²) in [6, 6.07) is 14.1. The van der Waals surface area contributed by atoms with Crippen molar-refractivity contribution in [3.05, 3.63) is 48.0 Å². The second-order valence-electron chi connectivity index (χ2n) is 8.37. The van der Waals surface area contributed by atoms with Crippen LogP contribution in [0.5, 0.6) is 0 Å². The minimum Gasteiger partial charge on any atom is -0.397 e. The highest BCUT2D eigenvalue weighted by atomic mass is 15.5. The standard InChI is InChI=1S/C20H26N4/c1-19(2,3)13-20(4,5)14-10-11-15(21)18(12-14)24-22-16-8-6-7-9-17(16)23-24/h6-12H,13,21H2,1-5H3. The van der Waals surface area contributed by atoms with Crippen LogP contribution in [0.4, 0.5) is 5.69 Å². The summed E-state index contributed by atoms with van der Waals surface area (Å²) >= 11 is 0. The van der Waals surface area contributed by atoms with Gasteiger partial charge in [0.2, 0.25) is 0 Å². The lowest BCUT2D eigenvalue weighted by molar-refractivity contribution is 0.284. The van der Waals surface area contributed by atoms with Gasteiger partial charge in [-0.25, -0.2) is 0 Å². The number of benzene rings is 2. The van der Waals surface area contributed by atoms with E-state index in [4.69, 9.17) is 5.73 Å². The summed E-state index contributed by atoms with van der Waals surface area (Å²) in [5.74, 6) is 0. The Labute approximate surface area is 143 Å². The number of nitrogen functional groups attached to an aromatic ring is 1. The molecule has 126 valence electrons. The summed E-state index contributed by atoms with van der Waals surface area (Å²) in [4.78, 5) is 1.65. The zero-order chi connectivity index (χ0) is 17.5. The number of aromatic nitrogens is 3. The highest BCUT2D eigenvalue weighted by Gasteiger charge is 2.28. The highest BCUT2D eigenvalue weighted by molar-refractivity contribution is 5.74. The van der Waals surface area contributed by atoms with E-state index in [0.29, 0.717) is 5.69 Å². The van der Waals surface area contributed by atoms with Gasteiger partial charge in [-0.2, -0.15) is 0 Å². The van der Waals surface area contributed by atoms with Crippen molar-refractivity contribution in [2.75, 3.05) is 5.73 Å². The van der Waals surface area contributed by atoms with Crippen LogP contribution in [0.15, 0.2) is 42.5 Å². The molecular formula is C20H26N4. The molecule has 1 heterocycles. The first-order valence-corrected chi connectivity index (χ1v) is 8.38. The van der Waals surface area contributed by atoms with E-state index < -0.39 is 0 Å². The molecule has 1 aromatic heterocycles. The first kappa shape index (κ1) is 16.5. The lowest BCUT2D eigenvalue weighted by Crippen LogP contribution is -2.25. The van der Waals surface area contributed by atoms with Gasteiger partial charge in [0.15, 0.2) is 0 Å². The number of fused-ring (bicyclic) bond motifs is 1. The SMILES string of the molecule is CC(C)(C)CC(C)(C)c1ccc(N)c(-n2nc3ccccc3n2)c1. The van der Waals surface area contributed by atoms with E-state index in [0.717, 1.165) is 23.1 Å². The van der Waals surface area contributed by atoms with Crippen LogP contribution in [0.2, 0.25) is 0 Å². The molecule has 24 heavy (non-hydrogen) atoms. The predicted molar refractivity (Wildman–Crippen MR) is 100 cm³/mol. The Bertz CT molecular complexity index is 836. The van der Waals surface area contributed by atoms with E-state index in [1.54, 1.807) is 4.80 Å². The summed E-state index contributed by atoms with van der Waals surface area (Å²) in [5.41, 5.74) is 11.0. The van der Waals surface area contributed by atoms with E-state index in [1.807, 2.05) is 30.3 Å². The lowest BCUT2D eigenvalue weighted by Gasteiger charge is -2.33. The molecule has 0 unspecified atom stereocenters. The minimum atomic E-state index is 0.0489. The van der Waals surface area contributed by atoms with E-state index >= 15 is 0 Å². The van der Waals surface area contributed by atoms with Crippen molar-refractivity contribution >= 4 is 16.7 Å². The molecular weight excluding hydrogens is 296 g/mol. The van der Waals surface area contributed by atoms with Crippen molar-refractivity contribution in [1.82, 2.24) is 15.0 Å². The van der Waals surface area contributed by atoms with Gasteiger partial charge in [0.05, 0.1) is 5.69 Å². The van der Waals surface area contributed by atoms with E-state index in [1.165, 1.54) is 5.56 Å². The second kappa shape index (κ2) is 5.62. The van der Waals surface area contributed by atoms with Gasteiger partial charge in [0.25, 0.3) is 0 Å². The fraction of sp³-hybridized carbons (Fsp3) is 0.400. The van der Waals surface area contributed by atoms with Crippen molar-refractivity contribution in [3.8, 4) is 5.69 Å². The molecule has 0 atom stereocenters. The van der Waals surface area contributed by atoms with Crippen LogP contribution in [0.1, 0.15) is 46.6 Å². The fourth-order valence-electron chi connectivity index (χ4n) is 3.53. The number of hydrogen-bond acceptors (Lipinski definition) is 3. The molecule has 4 nitrogen and oxygen atoms in total. The number of anilines is 1. The van der Waals surface area contributed by atoms with Gasteiger partial charge < -0.3 is 5.73 Å². The zero-order valence-corrected chi connectivity index (χ0v) is 15.2. The first-order valence-electron chi connectivity index (χ1n) is 8.38. The van der Waals surface area contributed by atoms with Crippen LogP contribution in [-0.2, 0) is 5.41 Å². The third kappa shape index (κ3) is 3.28. The highest BCUT2D eigenvalue weighted by Crippen LogP contribution is 2.37. The molecule has 0 spiro atoms. The van der Waals surface area contributed by atoms with Gasteiger partial charge in [-0.05, 0) is 47.1 Å². The Hall–Kier alpha value is -2.36. The molecule has 3 aromatic rings. The van der Waals surface area contributed by atoms with Crippen molar-refractivity contribution in [1.29, 1.82) is 0 Å². The molecule has 0 bridgehead atoms. The Balaban J connectivity index is 2.06. The summed E-state index contributed by atoms with van der Waals surface area (Å²) in [5, 5.41) is 9.13. The van der Waals surface area contributed by atoms with Gasteiger partial charge >= 0.3 is 0 Å². The number of nitrogens with zero attached hydrogens (tertiary/aromatic N) is 3. The van der Waals surface area contributed by atoms with Gasteiger partial charge in [0.1, 0.15) is 16.7 Å². The van der Waals surface area contributed by atoms with Crippen molar-refractivity contribution in [2.45, 2.75) is 46.5 Å². The average molecular weight is 322 g/mol. The van der Waals surface area contributed by atoms with E-state index in [9.17, 15) is 0 Å². The summed E-state index contributed by atoms with van der Waals surface area (Å²) in [6.45, 7) is 11.4. The molecule has 0 saturated carbocycles. The number of hydrogen-bond donors (Lipinski definition) is 1. The zero-order valence-electron chi connectivity index (χ0n) is 15.2. The number of nitrogens with two attached hydrogens (primary N) is 1. The lowest BCUT2D eigenvalue weighted by atomic mass is 9.72. The third-order valence-electron chi connectivity index (χ3n) is 4.29. The Morgan fingerprint density at radius 2 is 1.50 bits per heavy atom. The topological polar surface area (TPSA) is 56.7 Å². The first-order chi connectivity index (χ1) is 11.2. The van der Waals surface area contributed by atoms with Gasteiger partial charge in [-0.1, -0.05) is 52.8 Å². The van der Waals surface area contributed by atoms with Crippen molar-refractivity contribution in [3.63, 3.8) is 0 Å². The molecule has 2 aromatic carbocycles. The third-order valence-corrected chi connectivity index (χ3v) is 4.29. The summed E-state index contributed by atoms with van der Waals surface area (Å²) in [6.07, 6.45) is 1.08. The van der Waals surface area contributed by atoms with Crippen LogP contribution in [-0.4, -0.2) is 15.0 Å². The van der Waals surface area contributed by atoms with Crippen molar-refractivity contribution in [2.24, 2.45) is 5.41 Å². The predicted octanol–water partition coefficient (Wildman–Crippen LogP) is 4.72. The molecule has 0 amide bonds. The normalized spacial score (nSPS) is 12.7. The summed E-state index contributed by atoms with van der Waals surface area (Å²) in [7, 11) is 0. The fourth-order valence-corrected chi connectivity index (χ4v) is 3.53. The maximum Gasteiger partial charge on any atom is 0.113 e. The largest absolute Gasteiger partial charge is 0.397 e. The molecule has 0 aliphatic heterocycles. The van der Waals surface area contributed by atoms with Crippen LogP contribution in [0, 0.1) is 5.41 Å². The maximum atomic E-state index is 6.21. The molecule has 0 aliphatic rings. The average Bonchev–Trinajstić information content (AvgIpc) is 2.88. The monoisotopic (exact) mass is 322 g/mol. The molecule has 0 radical (unpaired) electrons. The molecule has 0 aliphatic carbocycles. The van der Waals surface area contributed by atoms with Gasteiger partial charge in [0, 0.05) is 0 Å². The van der Waals surface area contributed by atoms with Gasteiger partial charge in [-0.15, -0.1) is 15.0 Å². The van der Waals surface area contributed by atoms with Crippen LogP contribution in [0.25, 0.3) is 16.7 Å². The summed E-state index contributed by atoms with van der Waals surface area (Å²) < 4.78 is 0. The Morgan fingerprint density at radius 1 is 0.917 bits per heavy atom. The maximum absolute atomic E-state index is 6.21. The second-order valence-corrected chi connectivity index (χ2v) is 8.37. The van der Waals surface area contributed by atoms with Crippen LogP contribution < -0.4 is 5.73 Å². The molecule has 0 saturated heterocycles. The van der Waals surface area contributed by atoms with E-state index in [2.05, 4.69) is 56.9 Å². The van der Waals surface area contributed by atoms with Crippen LogP contribution >= 0.6 is 0 Å². The quantitative estimate of drug-likeness (QED) is 0.710. The van der Waals surface area contributed by atoms with Gasteiger partial charge in [-0.3, -0.25) is 0 Å². The Morgan fingerprint density at radius 3 is 2.04 bits per heavy atom. The smallest absolute Gasteiger partial charge is 0.113 e. The van der Waals surface area contributed by atoms with E-state index in [-0.39, 0.29) is 10.8 Å².